The number of para-hydroxylation sites is 1. The predicted octanol–water partition coefficient (Wildman–Crippen LogP) is 2.47. The van der Waals surface area contributed by atoms with Gasteiger partial charge in [-0.2, -0.15) is 0 Å². The molecule has 0 heterocycles. The zero-order valence-corrected chi connectivity index (χ0v) is 10.8. The van der Waals surface area contributed by atoms with Crippen LogP contribution >= 0.6 is 0 Å². The molecule has 0 radical (unpaired) electrons. The molecule has 1 aromatic rings. The lowest BCUT2D eigenvalue weighted by atomic mass is 10.1. The topological polar surface area (TPSA) is 30.5 Å². The van der Waals surface area contributed by atoms with Crippen molar-refractivity contribution in [2.75, 3.05) is 26.9 Å². The molecule has 1 aromatic carbocycles. The van der Waals surface area contributed by atoms with Gasteiger partial charge in [0.05, 0.1) is 6.61 Å². The van der Waals surface area contributed by atoms with Gasteiger partial charge in [0, 0.05) is 19.8 Å². The lowest BCUT2D eigenvalue weighted by Gasteiger charge is -2.17. The van der Waals surface area contributed by atoms with Crippen molar-refractivity contribution < 1.29 is 9.47 Å². The largest absolute Gasteiger partial charge is 0.494 e. The molecule has 96 valence electrons. The maximum absolute atomic E-state index is 5.68. The highest BCUT2D eigenvalue weighted by molar-refractivity contribution is 5.20. The van der Waals surface area contributed by atoms with Crippen LogP contribution in [0.1, 0.15) is 19.8 Å². The summed E-state index contributed by atoms with van der Waals surface area (Å²) >= 11 is 0. The fourth-order valence-corrected chi connectivity index (χ4v) is 1.73. The molecule has 0 fully saturated rings. The van der Waals surface area contributed by atoms with E-state index in [1.807, 2.05) is 30.3 Å². The molecule has 3 heteroatoms. The molecule has 0 bridgehead atoms. The second kappa shape index (κ2) is 9.02. The van der Waals surface area contributed by atoms with Gasteiger partial charge in [-0.1, -0.05) is 25.1 Å². The lowest BCUT2D eigenvalue weighted by Crippen LogP contribution is -2.31. The summed E-state index contributed by atoms with van der Waals surface area (Å²) in [6, 6.07) is 10.4. The van der Waals surface area contributed by atoms with Gasteiger partial charge in [0.1, 0.15) is 5.75 Å². The number of hydrogen-bond acceptors (Lipinski definition) is 3. The van der Waals surface area contributed by atoms with Crippen LogP contribution < -0.4 is 10.1 Å². The fraction of sp³-hybridized carbons (Fsp3) is 0.571. The molecule has 1 atom stereocenters. The normalized spacial score (nSPS) is 12.4. The van der Waals surface area contributed by atoms with Gasteiger partial charge in [0.2, 0.25) is 0 Å². The molecule has 3 nitrogen and oxygen atoms in total. The molecule has 1 unspecified atom stereocenters. The van der Waals surface area contributed by atoms with Crippen molar-refractivity contribution in [3.63, 3.8) is 0 Å². The fourth-order valence-electron chi connectivity index (χ4n) is 1.73. The average molecular weight is 237 g/mol. The first-order valence-electron chi connectivity index (χ1n) is 6.27. The minimum Gasteiger partial charge on any atom is -0.494 e. The molecular weight excluding hydrogens is 214 g/mol. The first kappa shape index (κ1) is 14.0. The summed E-state index contributed by atoms with van der Waals surface area (Å²) < 4.78 is 10.8. The Bertz CT molecular complexity index is 277. The van der Waals surface area contributed by atoms with Crippen molar-refractivity contribution in [2.45, 2.75) is 25.8 Å². The van der Waals surface area contributed by atoms with Crippen molar-refractivity contribution in [2.24, 2.45) is 0 Å². The Labute approximate surface area is 104 Å². The zero-order valence-electron chi connectivity index (χ0n) is 10.8. The van der Waals surface area contributed by atoms with E-state index in [4.69, 9.17) is 9.47 Å². The van der Waals surface area contributed by atoms with Crippen LogP contribution in [0.5, 0.6) is 5.75 Å². The van der Waals surface area contributed by atoms with Crippen molar-refractivity contribution >= 4 is 0 Å². The predicted molar refractivity (Wildman–Crippen MR) is 70.5 cm³/mol. The van der Waals surface area contributed by atoms with Crippen LogP contribution in [0.3, 0.4) is 0 Å². The third kappa shape index (κ3) is 6.29. The van der Waals surface area contributed by atoms with E-state index in [1.165, 1.54) is 0 Å². The summed E-state index contributed by atoms with van der Waals surface area (Å²) in [6.45, 7) is 4.64. The Morgan fingerprint density at radius 3 is 2.47 bits per heavy atom. The number of methoxy groups -OCH3 is 1. The smallest absolute Gasteiger partial charge is 0.119 e. The Morgan fingerprint density at radius 1 is 1.12 bits per heavy atom. The van der Waals surface area contributed by atoms with Crippen LogP contribution in [0.4, 0.5) is 0 Å². The SMILES string of the molecule is CCNC(CCOC)CCOc1ccccc1. The molecule has 0 saturated heterocycles. The maximum Gasteiger partial charge on any atom is 0.119 e. The Kier molecular flexibility index (Phi) is 7.43. The number of rotatable bonds is 9. The molecule has 0 aromatic heterocycles. The van der Waals surface area contributed by atoms with Crippen LogP contribution in [0.15, 0.2) is 30.3 Å². The number of nitrogens with one attached hydrogen (secondary N) is 1. The first-order valence-corrected chi connectivity index (χ1v) is 6.27. The number of benzene rings is 1. The molecule has 0 spiro atoms. The van der Waals surface area contributed by atoms with Gasteiger partial charge in [-0.05, 0) is 31.5 Å². The van der Waals surface area contributed by atoms with E-state index in [2.05, 4.69) is 12.2 Å². The summed E-state index contributed by atoms with van der Waals surface area (Å²) in [5, 5.41) is 3.44. The standard InChI is InChI=1S/C14H23NO2/c1-3-15-13(9-11-16-2)10-12-17-14-7-5-4-6-8-14/h4-8,13,15H,3,9-12H2,1-2H3. The minimum atomic E-state index is 0.476. The highest BCUT2D eigenvalue weighted by Gasteiger charge is 2.06. The highest BCUT2D eigenvalue weighted by atomic mass is 16.5. The molecule has 1 N–H and O–H groups in total. The molecule has 17 heavy (non-hydrogen) atoms. The zero-order chi connectivity index (χ0) is 12.3. The molecular formula is C14H23NO2. The van der Waals surface area contributed by atoms with Crippen LogP contribution in [0, 0.1) is 0 Å². The molecule has 1 rings (SSSR count). The number of hydrogen-bond donors (Lipinski definition) is 1. The van der Waals surface area contributed by atoms with E-state index in [1.54, 1.807) is 7.11 Å². The maximum atomic E-state index is 5.68. The Hall–Kier alpha value is -1.06. The van der Waals surface area contributed by atoms with Crippen LogP contribution in [0.2, 0.25) is 0 Å². The summed E-state index contributed by atoms with van der Waals surface area (Å²) in [4.78, 5) is 0. The Balaban J connectivity index is 2.22. The summed E-state index contributed by atoms with van der Waals surface area (Å²) in [7, 11) is 1.74. The van der Waals surface area contributed by atoms with Gasteiger partial charge in [-0.15, -0.1) is 0 Å². The molecule has 0 saturated carbocycles. The van der Waals surface area contributed by atoms with Crippen molar-refractivity contribution in [3.05, 3.63) is 30.3 Å². The van der Waals surface area contributed by atoms with Gasteiger partial charge in [-0.3, -0.25) is 0 Å². The van der Waals surface area contributed by atoms with Gasteiger partial charge >= 0.3 is 0 Å². The molecule has 0 aliphatic rings. The molecule has 0 aliphatic carbocycles. The summed E-state index contributed by atoms with van der Waals surface area (Å²) in [5.74, 6) is 0.939. The molecule has 0 amide bonds. The second-order valence-electron chi connectivity index (χ2n) is 3.99. The monoisotopic (exact) mass is 237 g/mol. The first-order chi connectivity index (χ1) is 8.36. The third-order valence-corrected chi connectivity index (χ3v) is 2.64. The van der Waals surface area contributed by atoms with E-state index >= 15 is 0 Å². The number of ether oxygens (including phenoxy) is 2. The minimum absolute atomic E-state index is 0.476. The van der Waals surface area contributed by atoms with E-state index < -0.39 is 0 Å². The molecule has 0 aliphatic heterocycles. The van der Waals surface area contributed by atoms with E-state index in [0.717, 1.165) is 38.3 Å². The van der Waals surface area contributed by atoms with E-state index in [9.17, 15) is 0 Å². The van der Waals surface area contributed by atoms with Crippen LogP contribution in [-0.4, -0.2) is 32.9 Å². The van der Waals surface area contributed by atoms with Crippen molar-refractivity contribution in [3.8, 4) is 5.75 Å². The quantitative estimate of drug-likeness (QED) is 0.715. The Morgan fingerprint density at radius 2 is 1.82 bits per heavy atom. The summed E-state index contributed by atoms with van der Waals surface area (Å²) in [6.07, 6.45) is 2.04. The van der Waals surface area contributed by atoms with Crippen LogP contribution in [-0.2, 0) is 4.74 Å². The van der Waals surface area contributed by atoms with Gasteiger partial charge in [0.25, 0.3) is 0 Å². The summed E-state index contributed by atoms with van der Waals surface area (Å²) in [5.41, 5.74) is 0. The van der Waals surface area contributed by atoms with Crippen molar-refractivity contribution in [1.29, 1.82) is 0 Å². The van der Waals surface area contributed by atoms with Gasteiger partial charge in [0.15, 0.2) is 0 Å². The average Bonchev–Trinajstić information content (AvgIpc) is 2.37. The second-order valence-corrected chi connectivity index (χ2v) is 3.99. The van der Waals surface area contributed by atoms with E-state index in [0.29, 0.717) is 6.04 Å². The van der Waals surface area contributed by atoms with E-state index in [-0.39, 0.29) is 0 Å². The van der Waals surface area contributed by atoms with Crippen molar-refractivity contribution in [1.82, 2.24) is 5.32 Å². The van der Waals surface area contributed by atoms with Gasteiger partial charge < -0.3 is 14.8 Å². The van der Waals surface area contributed by atoms with Crippen LogP contribution in [0.25, 0.3) is 0 Å². The third-order valence-electron chi connectivity index (χ3n) is 2.64. The lowest BCUT2D eigenvalue weighted by molar-refractivity contribution is 0.175. The highest BCUT2D eigenvalue weighted by Crippen LogP contribution is 2.09. The van der Waals surface area contributed by atoms with Gasteiger partial charge in [-0.25, -0.2) is 0 Å².